The fourth-order valence-electron chi connectivity index (χ4n) is 3.55. The van der Waals surface area contributed by atoms with Crippen LogP contribution in [0, 0.1) is 17.8 Å². The number of nitrogen functional groups attached to an aromatic ring is 1. The van der Waals surface area contributed by atoms with Gasteiger partial charge in [-0.05, 0) is 19.1 Å². The number of aliphatic hydroxyl groups is 1. The van der Waals surface area contributed by atoms with Crippen LogP contribution < -0.4 is 10.5 Å². The minimum Gasteiger partial charge on any atom is -0.482 e. The summed E-state index contributed by atoms with van der Waals surface area (Å²) in [7, 11) is 0. The van der Waals surface area contributed by atoms with Crippen LogP contribution in [0.2, 0.25) is 10.0 Å². The van der Waals surface area contributed by atoms with Crippen LogP contribution >= 0.6 is 23.2 Å². The van der Waals surface area contributed by atoms with Gasteiger partial charge in [0, 0.05) is 33.4 Å². The topological polar surface area (TPSA) is 86.8 Å². The Morgan fingerprint density at radius 3 is 2.72 bits per heavy atom. The summed E-state index contributed by atoms with van der Waals surface area (Å²) in [4.78, 5) is 4.18. The average Bonchev–Trinajstić information content (AvgIpc) is 3.25. The molecular weight excluding hydrogens is 415 g/mol. The molecule has 6 nitrogen and oxygen atoms in total. The summed E-state index contributed by atoms with van der Waals surface area (Å²) in [6.07, 6.45) is 0.0419. The predicted molar refractivity (Wildman–Crippen MR) is 110 cm³/mol. The normalized spacial score (nSPS) is 26.5. The molecule has 2 saturated heterocycles. The fraction of sp³-hybridized carbons (Fsp3) is 0.381. The third-order valence-corrected chi connectivity index (χ3v) is 5.68. The molecule has 0 saturated carbocycles. The monoisotopic (exact) mass is 434 g/mol. The van der Waals surface area contributed by atoms with E-state index in [1.807, 2.05) is 6.92 Å². The molecule has 2 aromatic rings. The Balaban J connectivity index is 1.52. The van der Waals surface area contributed by atoms with Gasteiger partial charge >= 0.3 is 0 Å². The molecule has 2 aliphatic rings. The van der Waals surface area contributed by atoms with Crippen molar-refractivity contribution in [1.82, 2.24) is 4.98 Å². The van der Waals surface area contributed by atoms with Crippen LogP contribution in [0.5, 0.6) is 5.75 Å². The maximum atomic E-state index is 9.83. The van der Waals surface area contributed by atoms with Gasteiger partial charge < -0.3 is 25.1 Å². The molecule has 0 amide bonds. The van der Waals surface area contributed by atoms with E-state index in [1.54, 1.807) is 30.5 Å². The number of hydrogen-bond acceptors (Lipinski definition) is 6. The first kappa shape index (κ1) is 20.3. The lowest BCUT2D eigenvalue weighted by molar-refractivity contribution is 0.0179. The first-order chi connectivity index (χ1) is 13.9. The van der Waals surface area contributed by atoms with Crippen molar-refractivity contribution in [3.05, 3.63) is 51.6 Å². The minimum absolute atomic E-state index is 0.111. The number of nitrogens with zero attached hydrogens (tertiary/aromatic N) is 1. The molecule has 29 heavy (non-hydrogen) atoms. The number of fused-ring (bicyclic) bond motifs is 1. The van der Waals surface area contributed by atoms with Gasteiger partial charge in [0.25, 0.3) is 0 Å². The number of hydrogen-bond donors (Lipinski definition) is 2. The first-order valence-electron chi connectivity index (χ1n) is 9.23. The summed E-state index contributed by atoms with van der Waals surface area (Å²) in [6, 6.07) is 7.02. The quantitative estimate of drug-likeness (QED) is 0.720. The van der Waals surface area contributed by atoms with E-state index < -0.39 is 12.2 Å². The smallest absolute Gasteiger partial charge is 0.166 e. The summed E-state index contributed by atoms with van der Waals surface area (Å²) >= 11 is 12.5. The number of anilines is 1. The summed E-state index contributed by atoms with van der Waals surface area (Å²) in [5, 5.41) is 10.9. The van der Waals surface area contributed by atoms with Gasteiger partial charge in [-0.3, -0.25) is 0 Å². The van der Waals surface area contributed by atoms with Crippen molar-refractivity contribution < 1.29 is 19.3 Å². The van der Waals surface area contributed by atoms with Gasteiger partial charge in [0.1, 0.15) is 24.4 Å². The Kier molecular flexibility index (Phi) is 5.86. The maximum Gasteiger partial charge on any atom is 0.166 e. The highest BCUT2D eigenvalue weighted by molar-refractivity contribution is 6.36. The van der Waals surface area contributed by atoms with Crippen LogP contribution in [0.25, 0.3) is 0 Å². The Bertz CT molecular complexity index is 955. The maximum absolute atomic E-state index is 9.83. The lowest BCUT2D eigenvalue weighted by Gasteiger charge is -2.18. The number of pyridine rings is 1. The molecule has 8 heteroatoms. The van der Waals surface area contributed by atoms with E-state index in [1.165, 1.54) is 0 Å². The van der Waals surface area contributed by atoms with E-state index in [0.717, 1.165) is 0 Å². The van der Waals surface area contributed by atoms with Crippen molar-refractivity contribution in [2.24, 2.45) is 5.92 Å². The third kappa shape index (κ3) is 4.16. The number of aliphatic hydroxyl groups excluding tert-OH is 1. The van der Waals surface area contributed by atoms with Crippen LogP contribution in [0.4, 0.5) is 5.82 Å². The second kappa shape index (κ2) is 8.39. The summed E-state index contributed by atoms with van der Waals surface area (Å²) in [5.74, 6) is 6.76. The van der Waals surface area contributed by atoms with Gasteiger partial charge in [-0.1, -0.05) is 41.1 Å². The van der Waals surface area contributed by atoms with E-state index in [4.69, 9.17) is 43.1 Å². The summed E-state index contributed by atoms with van der Waals surface area (Å²) < 4.78 is 17.2. The number of halogens is 2. The van der Waals surface area contributed by atoms with Gasteiger partial charge in [0.05, 0.1) is 19.1 Å². The molecule has 0 radical (unpaired) electrons. The molecule has 4 rings (SSSR count). The van der Waals surface area contributed by atoms with Crippen molar-refractivity contribution in [1.29, 1.82) is 0 Å². The van der Waals surface area contributed by atoms with Crippen molar-refractivity contribution in [3.8, 4) is 17.6 Å². The summed E-state index contributed by atoms with van der Waals surface area (Å²) in [6.45, 7) is 2.54. The zero-order chi connectivity index (χ0) is 20.5. The molecular formula is C21H20Cl2N2O4. The van der Waals surface area contributed by atoms with E-state index in [-0.39, 0.29) is 30.6 Å². The van der Waals surface area contributed by atoms with Gasteiger partial charge in [-0.15, -0.1) is 0 Å². The van der Waals surface area contributed by atoms with Crippen LogP contribution in [0.15, 0.2) is 30.5 Å². The Hall–Kier alpha value is -2.01. The zero-order valence-corrected chi connectivity index (χ0v) is 17.2. The Labute approximate surface area is 178 Å². The van der Waals surface area contributed by atoms with Gasteiger partial charge in [-0.25, -0.2) is 4.98 Å². The lowest BCUT2D eigenvalue weighted by atomic mass is 10.0. The molecule has 0 spiro atoms. The molecule has 1 aromatic heterocycles. The fourth-order valence-corrected chi connectivity index (χ4v) is 4.25. The number of nitrogens with two attached hydrogens (primary N) is 1. The standard InChI is InChI=1S/C21H20Cl2N2O4/c1-11(18-14(22)3-2-4-15(18)23)29-17-7-12(8-25-21(17)24)5-6-13-9-27-20-16(26)10-28-19(13)20/h2-4,7-8,11,13,16,19-20,26H,9-10H2,1H3,(H2,24,25)/t11-,13?,16?,19?,20?/m1/s1. The zero-order valence-electron chi connectivity index (χ0n) is 15.6. The third-order valence-electron chi connectivity index (χ3n) is 5.02. The number of aromatic nitrogens is 1. The molecule has 2 aliphatic heterocycles. The van der Waals surface area contributed by atoms with Crippen LogP contribution in [-0.4, -0.2) is 41.6 Å². The minimum atomic E-state index is -0.594. The van der Waals surface area contributed by atoms with Gasteiger partial charge in [0.15, 0.2) is 11.6 Å². The second-order valence-corrected chi connectivity index (χ2v) is 7.86. The molecule has 0 bridgehead atoms. The number of benzene rings is 1. The van der Waals surface area contributed by atoms with Crippen molar-refractivity contribution in [3.63, 3.8) is 0 Å². The molecule has 3 N–H and O–H groups in total. The molecule has 5 atom stereocenters. The van der Waals surface area contributed by atoms with Crippen molar-refractivity contribution in [2.45, 2.75) is 31.3 Å². The molecule has 3 heterocycles. The Morgan fingerprint density at radius 1 is 1.24 bits per heavy atom. The lowest BCUT2D eigenvalue weighted by Crippen LogP contribution is -2.28. The van der Waals surface area contributed by atoms with E-state index in [9.17, 15) is 5.11 Å². The van der Waals surface area contributed by atoms with Gasteiger partial charge in [0.2, 0.25) is 0 Å². The highest BCUT2D eigenvalue weighted by Crippen LogP contribution is 2.35. The molecule has 152 valence electrons. The average molecular weight is 435 g/mol. The molecule has 2 fully saturated rings. The second-order valence-electron chi connectivity index (χ2n) is 7.04. The SMILES string of the molecule is C[C@@H](Oc1cc(C#CC2COC3C(O)COC23)cnc1N)c1c(Cl)cccc1Cl. The van der Waals surface area contributed by atoms with Crippen LogP contribution in [0.1, 0.15) is 24.2 Å². The van der Waals surface area contributed by atoms with E-state index in [0.29, 0.717) is 33.5 Å². The largest absolute Gasteiger partial charge is 0.482 e. The first-order valence-corrected chi connectivity index (χ1v) is 9.98. The highest BCUT2D eigenvalue weighted by atomic mass is 35.5. The van der Waals surface area contributed by atoms with E-state index >= 15 is 0 Å². The Morgan fingerprint density at radius 2 is 1.97 bits per heavy atom. The number of ether oxygens (including phenoxy) is 3. The molecule has 0 aliphatic carbocycles. The summed E-state index contributed by atoms with van der Waals surface area (Å²) in [5.41, 5.74) is 7.30. The number of rotatable bonds is 3. The van der Waals surface area contributed by atoms with Gasteiger partial charge in [-0.2, -0.15) is 0 Å². The van der Waals surface area contributed by atoms with Crippen LogP contribution in [-0.2, 0) is 9.47 Å². The predicted octanol–water partition coefficient (Wildman–Crippen LogP) is 3.24. The van der Waals surface area contributed by atoms with Crippen LogP contribution in [0.3, 0.4) is 0 Å². The molecule has 1 aromatic carbocycles. The van der Waals surface area contributed by atoms with E-state index in [2.05, 4.69) is 16.8 Å². The van der Waals surface area contributed by atoms with Crippen molar-refractivity contribution in [2.75, 3.05) is 18.9 Å². The highest BCUT2D eigenvalue weighted by Gasteiger charge is 2.46. The molecule has 4 unspecified atom stereocenters. The van der Waals surface area contributed by atoms with Crippen molar-refractivity contribution >= 4 is 29.0 Å².